The molecule has 3 aliphatic heterocycles. The lowest BCUT2D eigenvalue weighted by Crippen LogP contribution is -2.48. The van der Waals surface area contributed by atoms with Gasteiger partial charge in [0.05, 0.1) is 0 Å². The Hall–Kier alpha value is -10.2. The third-order valence-corrected chi connectivity index (χ3v) is 12.5. The highest BCUT2D eigenvalue weighted by Crippen LogP contribution is 2.38. The Balaban J connectivity index is 0.936. The van der Waals surface area contributed by atoms with Gasteiger partial charge in [0.2, 0.25) is 17.9 Å². The summed E-state index contributed by atoms with van der Waals surface area (Å²) in [5.74, 6) is -1.05. The molecule has 0 amide bonds. The van der Waals surface area contributed by atoms with E-state index >= 15 is 0 Å². The number of benzene rings is 9. The maximum Gasteiger partial charge on any atom is 0.243 e. The number of nitrogens with zero attached hydrogens (tertiary/aromatic N) is 10. The summed E-state index contributed by atoms with van der Waals surface area (Å²) in [6, 6.07) is 58.0. The predicted molar refractivity (Wildman–Crippen MR) is 287 cm³/mol. The Bertz CT molecular complexity index is 3280. The largest absolute Gasteiger partial charge is 0.310 e. The number of rotatable bonds is 12. The van der Waals surface area contributed by atoms with E-state index in [0.717, 1.165) is 0 Å². The minimum Gasteiger partial charge on any atom is -0.310 e. The van der Waals surface area contributed by atoms with Crippen LogP contribution in [0.3, 0.4) is 0 Å². The van der Waals surface area contributed by atoms with Gasteiger partial charge in [-0.1, -0.05) is 0 Å². The molecular weight excluding hydrogens is 975 g/mol. The van der Waals surface area contributed by atoms with E-state index in [1.807, 2.05) is 87.5 Å². The average Bonchev–Trinajstić information content (AvgIpc) is 3.46. The highest BCUT2D eigenvalue weighted by molar-refractivity contribution is 6.34. The molecule has 0 fully saturated rings. The molecule has 0 saturated heterocycles. The second-order valence-electron chi connectivity index (χ2n) is 17.4. The third-order valence-electron chi connectivity index (χ3n) is 12.5. The summed E-state index contributed by atoms with van der Waals surface area (Å²) in [4.78, 5) is 36.7. The second kappa shape index (κ2) is 19.7. The third kappa shape index (κ3) is 9.37. The van der Waals surface area contributed by atoms with Crippen LogP contribution in [-0.2, 0) is 0 Å². The fourth-order valence-corrected chi connectivity index (χ4v) is 8.84. The van der Waals surface area contributed by atoms with Gasteiger partial charge in [-0.05, 0) is 218 Å². The zero-order valence-electron chi connectivity index (χ0n) is 39.5. The Morgan fingerprint density at radius 2 is 0.368 bits per heavy atom. The van der Waals surface area contributed by atoms with Crippen LogP contribution in [0.25, 0.3) is 0 Å². The molecule has 12 rings (SSSR count). The van der Waals surface area contributed by atoms with Crippen molar-refractivity contribution in [2.45, 2.75) is 0 Å². The lowest BCUT2D eigenvalue weighted by Gasteiger charge is -2.31. The van der Waals surface area contributed by atoms with Crippen LogP contribution in [0.1, 0.15) is 16.7 Å². The molecule has 0 saturated carbocycles. The first-order chi connectivity index (χ1) is 37.1. The summed E-state index contributed by atoms with van der Waals surface area (Å²) in [7, 11) is 0. The maximum absolute atomic E-state index is 14.1. The molecule has 3 heterocycles. The molecule has 76 heavy (non-hydrogen) atoms. The average molecular weight is 1010 g/mol. The molecule has 0 atom stereocenters. The standard InChI is InChI=1S/C60H36F6N10/c61-40-7-25-49(26-8-40)73(50-27-9-41(62)10-28-50)46-19-1-37(2-20-46)55-67-58-69-56(38-3-21-47(22-4-38)74(51-29-11-42(63)12-30-51)52-31-13-43(64)14-32-52)71-60-72-57(70-59(68-55)76(58)60)39-5-23-48(24-6-39)75(53-33-15-44(65)16-34-53)54-35-17-45(66)18-36-54/h1-36H. The zero-order valence-corrected chi connectivity index (χ0v) is 39.5. The van der Waals surface area contributed by atoms with E-state index in [-0.39, 0.29) is 35.4 Å². The highest BCUT2D eigenvalue weighted by atomic mass is 19.1. The molecule has 0 spiro atoms. The van der Waals surface area contributed by atoms with Crippen molar-refractivity contribution in [1.82, 2.24) is 4.90 Å². The number of anilines is 9. The minimum absolute atomic E-state index is 0.183. The number of amidine groups is 3. The van der Waals surface area contributed by atoms with Crippen LogP contribution >= 0.6 is 0 Å². The summed E-state index contributed by atoms with van der Waals surface area (Å²) in [5, 5.41) is 0. The summed E-state index contributed by atoms with van der Waals surface area (Å²) in [5.41, 5.74) is 7.70. The molecule has 16 heteroatoms. The van der Waals surface area contributed by atoms with Gasteiger partial charge in [0, 0.05) is 67.9 Å². The van der Waals surface area contributed by atoms with Crippen molar-refractivity contribution < 1.29 is 26.3 Å². The molecule has 0 bridgehead atoms. The SMILES string of the molecule is Fc1ccc(N(c2ccc(F)cc2)c2ccc(C3=NC4=NC(c5ccc(N(c6ccc(F)cc6)c6ccc(F)cc6)cc5)=NC5=NC(c6ccc(N(c7ccc(F)cc7)c7ccc(F)cc7)cc6)=NC(=N3)N45)cc2)cc1. The summed E-state index contributed by atoms with van der Waals surface area (Å²) in [6.07, 6.45) is 0. The van der Waals surface area contributed by atoms with Crippen molar-refractivity contribution in [1.29, 1.82) is 0 Å². The fraction of sp³-hybridized carbons (Fsp3) is 0. The highest BCUT2D eigenvalue weighted by Gasteiger charge is 2.36. The van der Waals surface area contributed by atoms with Crippen LogP contribution in [0.2, 0.25) is 0 Å². The molecule has 0 unspecified atom stereocenters. The number of hydrogen-bond donors (Lipinski definition) is 0. The van der Waals surface area contributed by atoms with Crippen LogP contribution in [-0.4, -0.2) is 40.3 Å². The van der Waals surface area contributed by atoms with Crippen molar-refractivity contribution in [3.05, 3.63) is 270 Å². The summed E-state index contributed by atoms with van der Waals surface area (Å²) < 4.78 is 84.6. The van der Waals surface area contributed by atoms with Gasteiger partial charge in [0.15, 0.2) is 17.5 Å². The van der Waals surface area contributed by atoms with Crippen molar-refractivity contribution in [2.75, 3.05) is 14.7 Å². The lowest BCUT2D eigenvalue weighted by atomic mass is 10.1. The molecule has 368 valence electrons. The fourth-order valence-electron chi connectivity index (χ4n) is 8.84. The topological polar surface area (TPSA) is 87.1 Å². The van der Waals surface area contributed by atoms with E-state index in [4.69, 9.17) is 30.0 Å². The Labute approximate surface area is 430 Å². The number of hydrogen-bond acceptors (Lipinski definition) is 10. The molecular formula is C60H36F6N10. The van der Waals surface area contributed by atoms with Crippen molar-refractivity contribution >= 4 is 86.6 Å². The van der Waals surface area contributed by atoms with Gasteiger partial charge in [-0.15, -0.1) is 0 Å². The first-order valence-electron chi connectivity index (χ1n) is 23.6. The van der Waals surface area contributed by atoms with Gasteiger partial charge in [0.25, 0.3) is 0 Å². The molecule has 10 nitrogen and oxygen atoms in total. The maximum atomic E-state index is 14.1. The van der Waals surface area contributed by atoms with E-state index in [2.05, 4.69) is 0 Å². The van der Waals surface area contributed by atoms with Crippen molar-refractivity contribution in [3.63, 3.8) is 0 Å². The van der Waals surface area contributed by atoms with E-state index in [1.165, 1.54) is 72.8 Å². The van der Waals surface area contributed by atoms with Gasteiger partial charge in [-0.3, -0.25) is 0 Å². The van der Waals surface area contributed by atoms with Crippen molar-refractivity contribution in [3.8, 4) is 0 Å². The Kier molecular flexibility index (Phi) is 12.1. The van der Waals surface area contributed by atoms with Gasteiger partial charge < -0.3 is 14.7 Å². The number of halogens is 6. The van der Waals surface area contributed by atoms with E-state index in [0.29, 0.717) is 67.9 Å². The zero-order chi connectivity index (χ0) is 51.9. The van der Waals surface area contributed by atoms with Crippen LogP contribution < -0.4 is 14.7 Å². The van der Waals surface area contributed by atoms with Gasteiger partial charge in [-0.25, -0.2) is 31.2 Å². The summed E-state index contributed by atoms with van der Waals surface area (Å²) in [6.45, 7) is 0. The van der Waals surface area contributed by atoms with Crippen LogP contribution in [0.4, 0.5) is 77.5 Å². The van der Waals surface area contributed by atoms with E-state index in [9.17, 15) is 26.3 Å². The molecule has 9 aromatic carbocycles. The molecule has 9 aromatic rings. The monoisotopic (exact) mass is 1010 g/mol. The molecule has 0 aromatic heterocycles. The van der Waals surface area contributed by atoms with Crippen LogP contribution in [0, 0.1) is 34.9 Å². The Morgan fingerprint density at radius 1 is 0.211 bits per heavy atom. The molecule has 0 radical (unpaired) electrons. The van der Waals surface area contributed by atoms with E-state index < -0.39 is 34.9 Å². The van der Waals surface area contributed by atoms with Gasteiger partial charge in [-0.2, -0.15) is 30.0 Å². The quantitative estimate of drug-likeness (QED) is 0.114. The second-order valence-corrected chi connectivity index (χ2v) is 17.4. The van der Waals surface area contributed by atoms with Gasteiger partial charge >= 0.3 is 0 Å². The Morgan fingerprint density at radius 3 is 0.539 bits per heavy atom. The lowest BCUT2D eigenvalue weighted by molar-refractivity contribution is 0.627. The van der Waals surface area contributed by atoms with Crippen LogP contribution in [0.15, 0.2) is 248 Å². The minimum atomic E-state index is -0.401. The molecule has 0 aliphatic carbocycles. The summed E-state index contributed by atoms with van der Waals surface area (Å²) >= 11 is 0. The van der Waals surface area contributed by atoms with Crippen LogP contribution in [0.5, 0.6) is 0 Å². The first-order valence-corrected chi connectivity index (χ1v) is 23.6. The van der Waals surface area contributed by atoms with Crippen molar-refractivity contribution in [2.24, 2.45) is 30.0 Å². The predicted octanol–water partition coefficient (Wildman–Crippen LogP) is 15.0. The molecule has 0 N–H and O–H groups in total. The first kappa shape index (κ1) is 46.8. The molecule has 3 aliphatic rings. The van der Waals surface area contributed by atoms with Gasteiger partial charge in [0.1, 0.15) is 34.9 Å². The van der Waals surface area contributed by atoms with E-state index in [1.54, 1.807) is 77.7 Å². The smallest absolute Gasteiger partial charge is 0.243 e. The number of guanidine groups is 3. The number of aliphatic imine (C=N–C) groups is 6. The normalized spacial score (nSPS) is 13.6.